The van der Waals surface area contributed by atoms with Crippen LogP contribution in [0.1, 0.15) is 65.1 Å². The largest absolute Gasteiger partial charge is 0.586 e. The maximum Gasteiger partial charge on any atom is 0.586 e. The summed E-state index contributed by atoms with van der Waals surface area (Å²) in [6.07, 6.45) is 0.305. The molecule has 2 atom stereocenters. The van der Waals surface area contributed by atoms with Gasteiger partial charge in [-0.15, -0.1) is 8.78 Å². The van der Waals surface area contributed by atoms with E-state index >= 15 is 0 Å². The van der Waals surface area contributed by atoms with Crippen LogP contribution in [0.15, 0.2) is 60.8 Å². The topological polar surface area (TPSA) is 117 Å². The third-order valence-corrected chi connectivity index (χ3v) is 7.92. The summed E-state index contributed by atoms with van der Waals surface area (Å²) in [6, 6.07) is 14.8. The summed E-state index contributed by atoms with van der Waals surface area (Å²) in [4.78, 5) is 15.8. The van der Waals surface area contributed by atoms with E-state index in [9.17, 15) is 18.7 Å². The molecule has 1 aliphatic carbocycles. The molecule has 0 radical (unpaired) electrons. The molecule has 1 saturated heterocycles. The van der Waals surface area contributed by atoms with Crippen LogP contribution >= 0.6 is 0 Å². The number of halogens is 2. The Balaban J connectivity index is 1.18. The predicted octanol–water partition coefficient (Wildman–Crippen LogP) is 6.17. The molecule has 0 spiro atoms. The van der Waals surface area contributed by atoms with E-state index in [0.717, 1.165) is 47.3 Å². The predicted molar refractivity (Wildman–Crippen MR) is 150 cm³/mol. The van der Waals surface area contributed by atoms with Crippen LogP contribution in [0, 0.1) is 0 Å². The fraction of sp³-hybridized carbons (Fsp3) is 0.323. The van der Waals surface area contributed by atoms with Gasteiger partial charge in [-0.25, -0.2) is 9.78 Å². The van der Waals surface area contributed by atoms with Crippen LogP contribution in [0.2, 0.25) is 0 Å². The summed E-state index contributed by atoms with van der Waals surface area (Å²) >= 11 is 0. The number of nitrogens with one attached hydrogen (secondary N) is 1. The molecule has 0 bridgehead atoms. The van der Waals surface area contributed by atoms with Crippen molar-refractivity contribution in [3.63, 3.8) is 0 Å². The van der Waals surface area contributed by atoms with Gasteiger partial charge in [0.1, 0.15) is 17.7 Å². The number of pyridine rings is 1. The van der Waals surface area contributed by atoms with E-state index in [4.69, 9.17) is 14.6 Å². The van der Waals surface area contributed by atoms with Gasteiger partial charge in [0.05, 0.1) is 36.6 Å². The summed E-state index contributed by atoms with van der Waals surface area (Å²) in [7, 11) is 0. The average molecular weight is 591 g/mol. The van der Waals surface area contributed by atoms with Gasteiger partial charge in [0.25, 0.3) is 0 Å². The number of nitrogens with zero attached hydrogens (tertiary/aromatic N) is 3. The Morgan fingerprint density at radius 1 is 1.12 bits per heavy atom. The first kappa shape index (κ1) is 27.1. The highest BCUT2D eigenvalue weighted by Gasteiger charge is 2.43. The Kier molecular flexibility index (Phi) is 6.65. The van der Waals surface area contributed by atoms with Gasteiger partial charge in [-0.3, -0.25) is 4.68 Å². The van der Waals surface area contributed by atoms with Crippen molar-refractivity contribution in [1.29, 1.82) is 0 Å². The first-order chi connectivity index (χ1) is 20.7. The zero-order valence-electron chi connectivity index (χ0n) is 23.1. The molecule has 12 heteroatoms. The maximum absolute atomic E-state index is 13.5. The van der Waals surface area contributed by atoms with Gasteiger partial charge < -0.3 is 29.4 Å². The minimum atomic E-state index is -3.68. The summed E-state index contributed by atoms with van der Waals surface area (Å²) < 4.78 is 50.1. The van der Waals surface area contributed by atoms with Gasteiger partial charge in [0.15, 0.2) is 11.5 Å². The smallest absolute Gasteiger partial charge is 0.486 e. The second-order valence-corrected chi connectivity index (χ2v) is 10.8. The van der Waals surface area contributed by atoms with Gasteiger partial charge in [-0.2, -0.15) is 5.10 Å². The van der Waals surface area contributed by atoms with Gasteiger partial charge in [-0.05, 0) is 80.3 Å². The summed E-state index contributed by atoms with van der Waals surface area (Å²) in [5, 5.41) is 17.7. The Labute approximate surface area is 245 Å². The van der Waals surface area contributed by atoms with Gasteiger partial charge >= 0.3 is 12.3 Å². The Morgan fingerprint density at radius 2 is 1.91 bits per heavy atom. The number of carbonyl (C=O) groups is 1. The van der Waals surface area contributed by atoms with Crippen molar-refractivity contribution < 1.29 is 37.6 Å². The van der Waals surface area contributed by atoms with Crippen LogP contribution in [0.5, 0.6) is 17.2 Å². The van der Waals surface area contributed by atoms with Crippen molar-refractivity contribution in [1.82, 2.24) is 14.8 Å². The number of carboxylic acids is 1. The van der Waals surface area contributed by atoms with Crippen LogP contribution in [0.3, 0.4) is 0 Å². The molecular weight excluding hydrogens is 562 g/mol. The van der Waals surface area contributed by atoms with Crippen molar-refractivity contribution in [3.05, 3.63) is 83.2 Å². The average Bonchev–Trinajstić information content (AvgIpc) is 3.49. The number of anilines is 1. The lowest BCUT2D eigenvalue weighted by molar-refractivity contribution is -0.286. The van der Waals surface area contributed by atoms with Crippen molar-refractivity contribution >= 4 is 11.8 Å². The van der Waals surface area contributed by atoms with E-state index < -0.39 is 12.3 Å². The molecule has 222 valence electrons. The molecular formula is C31H28F2N4O6. The third kappa shape index (κ3) is 5.22. The van der Waals surface area contributed by atoms with Gasteiger partial charge in [-0.1, -0.05) is 6.07 Å². The van der Waals surface area contributed by atoms with Crippen LogP contribution in [-0.2, 0) is 11.2 Å². The highest BCUT2D eigenvalue weighted by Crippen LogP contribution is 2.43. The quantitative estimate of drug-likeness (QED) is 0.249. The summed E-state index contributed by atoms with van der Waals surface area (Å²) in [5.41, 5.74) is 4.67. The van der Waals surface area contributed by atoms with Crippen molar-refractivity contribution in [2.75, 3.05) is 18.5 Å². The van der Waals surface area contributed by atoms with E-state index in [1.165, 1.54) is 24.3 Å². The van der Waals surface area contributed by atoms with E-state index in [1.54, 1.807) is 24.4 Å². The molecule has 7 rings (SSSR count). The molecule has 2 N–H and O–H groups in total. The standard InChI is InChI=1S/C31H28F2N4O6/c1-17(19-7-10-24-26(13-19)43-31(32,33)42-24)35-27-14-20(11-12-34-27)29-28-23(37(36-29)21-15-40-16-21)3-2-4-25(28)41-22-8-5-18(6-9-22)30(38)39/h5-14,17,21,25H,2-4,15-16H2,1H3,(H,34,35)(H,38,39)/t17-,25-/m0/s1. The monoisotopic (exact) mass is 590 g/mol. The molecule has 4 heterocycles. The fourth-order valence-corrected chi connectivity index (χ4v) is 5.70. The first-order valence-electron chi connectivity index (χ1n) is 14.1. The molecule has 0 unspecified atom stereocenters. The van der Waals surface area contributed by atoms with Crippen molar-refractivity contribution in [2.24, 2.45) is 0 Å². The number of alkyl halides is 2. The number of hydrogen-bond acceptors (Lipinski definition) is 8. The van der Waals surface area contributed by atoms with Crippen molar-refractivity contribution in [2.45, 2.75) is 50.7 Å². The van der Waals surface area contributed by atoms with Crippen LogP contribution < -0.4 is 19.5 Å². The second kappa shape index (κ2) is 10.5. The van der Waals surface area contributed by atoms with Crippen LogP contribution in [0.25, 0.3) is 11.3 Å². The molecule has 4 aromatic rings. The molecule has 1 fully saturated rings. The maximum atomic E-state index is 13.5. The number of carboxylic acid groups (broad SMARTS) is 1. The third-order valence-electron chi connectivity index (χ3n) is 7.92. The Bertz CT molecular complexity index is 1690. The van der Waals surface area contributed by atoms with E-state index in [2.05, 4.69) is 24.5 Å². The number of fused-ring (bicyclic) bond motifs is 2. The SMILES string of the molecule is C[C@H](Nc1cc(-c2nn(C3COC3)c3c2[C@@H](Oc2ccc(C(=O)O)cc2)CCC3)ccn1)c1ccc2c(c1)OC(F)(F)O2. The normalized spacial score (nSPS) is 19.3. The Hall–Kier alpha value is -4.71. The van der Waals surface area contributed by atoms with E-state index in [0.29, 0.717) is 24.8 Å². The number of aromatic carboxylic acids is 1. The van der Waals surface area contributed by atoms with Crippen molar-refractivity contribution in [3.8, 4) is 28.5 Å². The second-order valence-electron chi connectivity index (χ2n) is 10.8. The highest BCUT2D eigenvalue weighted by molar-refractivity contribution is 5.87. The minimum Gasteiger partial charge on any atom is -0.486 e. The lowest BCUT2D eigenvalue weighted by Gasteiger charge is -2.30. The van der Waals surface area contributed by atoms with E-state index in [-0.39, 0.29) is 35.3 Å². The molecule has 3 aliphatic rings. The number of benzene rings is 2. The number of aromatic nitrogens is 3. The van der Waals surface area contributed by atoms with Crippen LogP contribution in [-0.4, -0.2) is 45.3 Å². The number of hydrogen-bond donors (Lipinski definition) is 2. The molecule has 0 saturated carbocycles. The molecule has 10 nitrogen and oxygen atoms in total. The molecule has 0 amide bonds. The zero-order chi connectivity index (χ0) is 29.7. The lowest BCUT2D eigenvalue weighted by atomic mass is 9.90. The summed E-state index contributed by atoms with van der Waals surface area (Å²) in [6.45, 7) is 3.09. The lowest BCUT2D eigenvalue weighted by Crippen LogP contribution is -2.33. The zero-order valence-corrected chi connectivity index (χ0v) is 23.1. The van der Waals surface area contributed by atoms with Gasteiger partial charge in [0, 0.05) is 23.0 Å². The Morgan fingerprint density at radius 3 is 2.65 bits per heavy atom. The molecule has 2 aromatic carbocycles. The van der Waals surface area contributed by atoms with E-state index in [1.807, 2.05) is 19.1 Å². The molecule has 2 aliphatic heterocycles. The minimum absolute atomic E-state index is 0.00658. The van der Waals surface area contributed by atoms with Crippen LogP contribution in [0.4, 0.5) is 14.6 Å². The molecule has 43 heavy (non-hydrogen) atoms. The number of ether oxygens (including phenoxy) is 4. The van der Waals surface area contributed by atoms with Gasteiger partial charge in [0.2, 0.25) is 0 Å². The summed E-state index contributed by atoms with van der Waals surface area (Å²) in [5.74, 6) is 0.155. The first-order valence-corrected chi connectivity index (χ1v) is 14.1. The molecule has 2 aromatic heterocycles. The highest BCUT2D eigenvalue weighted by atomic mass is 19.3. The fourth-order valence-electron chi connectivity index (χ4n) is 5.70. The number of rotatable bonds is 8.